The maximum absolute atomic E-state index is 11.4. The Morgan fingerprint density at radius 3 is 2.67 bits per heavy atom. The Morgan fingerprint density at radius 1 is 1.33 bits per heavy atom. The van der Waals surface area contributed by atoms with Gasteiger partial charge in [-0.05, 0) is 25.1 Å². The van der Waals surface area contributed by atoms with Crippen molar-refractivity contribution in [2.24, 2.45) is 5.92 Å². The highest BCUT2D eigenvalue weighted by Crippen LogP contribution is 2.24. The molecule has 1 saturated heterocycles. The first kappa shape index (κ1) is 10.9. The van der Waals surface area contributed by atoms with Gasteiger partial charge in [0.2, 0.25) is 5.91 Å². The molecule has 1 atom stereocenters. The zero-order valence-corrected chi connectivity index (χ0v) is 9.98. The van der Waals surface area contributed by atoms with Gasteiger partial charge in [0.25, 0.3) is 0 Å². The van der Waals surface area contributed by atoms with Crippen LogP contribution in [0.1, 0.15) is 39.0 Å². The van der Waals surface area contributed by atoms with E-state index in [-0.39, 0.29) is 11.8 Å². The van der Waals surface area contributed by atoms with Crippen molar-refractivity contribution >= 4 is 23.2 Å². The van der Waals surface area contributed by atoms with Crippen LogP contribution in [0.4, 0.5) is 0 Å². The summed E-state index contributed by atoms with van der Waals surface area (Å²) in [4.78, 5) is 13.6. The van der Waals surface area contributed by atoms with E-state index < -0.39 is 0 Å². The number of carbonyl (C=O) groups excluding carboxylic acids is 1. The lowest BCUT2D eigenvalue weighted by Gasteiger charge is -2.40. The number of hydrogen-bond acceptors (Lipinski definition) is 2. The van der Waals surface area contributed by atoms with Gasteiger partial charge in [-0.1, -0.05) is 26.2 Å². The summed E-state index contributed by atoms with van der Waals surface area (Å²) in [5.74, 6) is 0.144. The average Bonchev–Trinajstić information content (AvgIpc) is 2.25. The largest absolute Gasteiger partial charge is 0.345 e. The summed E-state index contributed by atoms with van der Waals surface area (Å²) in [6.07, 6.45) is 6.39. The second-order valence-electron chi connectivity index (χ2n) is 4.64. The molecule has 0 unspecified atom stereocenters. The molecule has 0 aromatic rings. The lowest BCUT2D eigenvalue weighted by atomic mass is 9.93. The van der Waals surface area contributed by atoms with Crippen molar-refractivity contribution in [2.75, 3.05) is 6.54 Å². The second kappa shape index (κ2) is 4.47. The van der Waals surface area contributed by atoms with E-state index in [0.717, 1.165) is 6.54 Å². The number of rotatable bonds is 1. The molecule has 1 heterocycles. The third-order valence-electron chi connectivity index (χ3n) is 3.42. The Morgan fingerprint density at radius 2 is 2.00 bits per heavy atom. The quantitative estimate of drug-likeness (QED) is 0.690. The smallest absolute Gasteiger partial charge is 0.230 e. The van der Waals surface area contributed by atoms with Crippen LogP contribution >= 0.6 is 12.2 Å². The highest BCUT2D eigenvalue weighted by molar-refractivity contribution is 7.80. The van der Waals surface area contributed by atoms with Crippen LogP contribution in [0.5, 0.6) is 0 Å². The number of thiocarbonyl (C=S) groups is 1. The van der Waals surface area contributed by atoms with Gasteiger partial charge in [0, 0.05) is 12.6 Å². The van der Waals surface area contributed by atoms with Crippen molar-refractivity contribution in [2.45, 2.75) is 45.1 Å². The van der Waals surface area contributed by atoms with Gasteiger partial charge in [-0.15, -0.1) is 0 Å². The van der Waals surface area contributed by atoms with E-state index in [1.807, 2.05) is 6.92 Å². The fraction of sp³-hybridized carbons (Fsp3) is 0.818. The molecule has 15 heavy (non-hydrogen) atoms. The van der Waals surface area contributed by atoms with Crippen LogP contribution in [0.25, 0.3) is 0 Å². The molecule has 0 aromatic carbocycles. The minimum atomic E-state index is 0.0682. The first-order valence-electron chi connectivity index (χ1n) is 5.80. The van der Waals surface area contributed by atoms with Crippen LogP contribution in [0.3, 0.4) is 0 Å². The SMILES string of the molecule is C[C@H]1CN(C2CCCCC2)C(=S)NC1=O. The van der Waals surface area contributed by atoms with Crippen molar-refractivity contribution in [1.82, 2.24) is 10.2 Å². The van der Waals surface area contributed by atoms with Crippen molar-refractivity contribution in [1.29, 1.82) is 0 Å². The lowest BCUT2D eigenvalue weighted by molar-refractivity contribution is -0.124. The van der Waals surface area contributed by atoms with Crippen LogP contribution in [-0.4, -0.2) is 28.5 Å². The van der Waals surface area contributed by atoms with Crippen LogP contribution in [0, 0.1) is 5.92 Å². The van der Waals surface area contributed by atoms with E-state index in [0.29, 0.717) is 11.2 Å². The van der Waals surface area contributed by atoms with E-state index in [4.69, 9.17) is 12.2 Å². The summed E-state index contributed by atoms with van der Waals surface area (Å²) in [6.45, 7) is 2.77. The summed E-state index contributed by atoms with van der Waals surface area (Å²) in [5.41, 5.74) is 0. The summed E-state index contributed by atoms with van der Waals surface area (Å²) >= 11 is 5.23. The summed E-state index contributed by atoms with van der Waals surface area (Å²) < 4.78 is 0. The molecule has 2 aliphatic rings. The van der Waals surface area contributed by atoms with Gasteiger partial charge in [0.1, 0.15) is 0 Å². The molecule has 0 bridgehead atoms. The zero-order valence-electron chi connectivity index (χ0n) is 9.16. The third kappa shape index (κ3) is 2.30. The Balaban J connectivity index is 2.01. The summed E-state index contributed by atoms with van der Waals surface area (Å²) in [6, 6.07) is 0.564. The van der Waals surface area contributed by atoms with Gasteiger partial charge < -0.3 is 10.2 Å². The molecule has 1 N–H and O–H groups in total. The molecule has 0 spiro atoms. The molecule has 1 aliphatic heterocycles. The van der Waals surface area contributed by atoms with Crippen molar-refractivity contribution in [3.63, 3.8) is 0 Å². The van der Waals surface area contributed by atoms with Crippen molar-refractivity contribution < 1.29 is 4.79 Å². The van der Waals surface area contributed by atoms with Gasteiger partial charge in [-0.25, -0.2) is 0 Å². The number of nitrogens with zero attached hydrogens (tertiary/aromatic N) is 1. The molecular formula is C11H18N2OS. The molecular weight excluding hydrogens is 208 g/mol. The second-order valence-corrected chi connectivity index (χ2v) is 5.03. The Bertz CT molecular complexity index is 274. The zero-order chi connectivity index (χ0) is 10.8. The Kier molecular flexibility index (Phi) is 3.24. The van der Waals surface area contributed by atoms with E-state index in [1.54, 1.807) is 0 Å². The van der Waals surface area contributed by atoms with E-state index in [1.165, 1.54) is 32.1 Å². The number of hydrogen-bond donors (Lipinski definition) is 1. The molecule has 4 heteroatoms. The molecule has 3 nitrogen and oxygen atoms in total. The fourth-order valence-corrected chi connectivity index (χ4v) is 2.79. The monoisotopic (exact) mass is 226 g/mol. The predicted molar refractivity (Wildman–Crippen MR) is 63.5 cm³/mol. The van der Waals surface area contributed by atoms with Crippen molar-refractivity contribution in [3.05, 3.63) is 0 Å². The topological polar surface area (TPSA) is 32.3 Å². The Hall–Kier alpha value is -0.640. The maximum Gasteiger partial charge on any atom is 0.230 e. The number of nitrogens with one attached hydrogen (secondary N) is 1. The number of carbonyl (C=O) groups is 1. The Labute approximate surface area is 96.2 Å². The number of amides is 1. The van der Waals surface area contributed by atoms with Crippen molar-refractivity contribution in [3.8, 4) is 0 Å². The van der Waals surface area contributed by atoms with Gasteiger partial charge in [-0.2, -0.15) is 0 Å². The summed E-state index contributed by atoms with van der Waals surface area (Å²) in [5, 5.41) is 3.44. The molecule has 1 saturated carbocycles. The molecule has 1 amide bonds. The summed E-state index contributed by atoms with van der Waals surface area (Å²) in [7, 11) is 0. The standard InChI is InChI=1S/C11H18N2OS/c1-8-7-13(11(15)12-10(8)14)9-5-3-2-4-6-9/h8-9H,2-7H2,1H3,(H,12,14,15)/t8-/m0/s1. The normalized spacial score (nSPS) is 29.1. The van der Waals surface area contributed by atoms with E-state index in [2.05, 4.69) is 10.2 Å². The van der Waals surface area contributed by atoms with Gasteiger partial charge in [0.15, 0.2) is 5.11 Å². The lowest BCUT2D eigenvalue weighted by Crippen LogP contribution is -2.57. The van der Waals surface area contributed by atoms with Crippen LogP contribution in [0.15, 0.2) is 0 Å². The van der Waals surface area contributed by atoms with Gasteiger partial charge in [0.05, 0.1) is 5.92 Å². The van der Waals surface area contributed by atoms with Gasteiger partial charge >= 0.3 is 0 Å². The van der Waals surface area contributed by atoms with E-state index in [9.17, 15) is 4.79 Å². The minimum absolute atomic E-state index is 0.0682. The van der Waals surface area contributed by atoms with E-state index >= 15 is 0 Å². The fourth-order valence-electron chi connectivity index (χ4n) is 2.47. The molecule has 84 valence electrons. The predicted octanol–water partition coefficient (Wildman–Crippen LogP) is 1.67. The first-order valence-corrected chi connectivity index (χ1v) is 6.21. The van der Waals surface area contributed by atoms with Gasteiger partial charge in [-0.3, -0.25) is 4.79 Å². The molecule has 1 aliphatic carbocycles. The highest BCUT2D eigenvalue weighted by atomic mass is 32.1. The average molecular weight is 226 g/mol. The molecule has 2 fully saturated rings. The third-order valence-corrected chi connectivity index (χ3v) is 3.76. The van der Waals surface area contributed by atoms with Crippen LogP contribution < -0.4 is 5.32 Å². The maximum atomic E-state index is 11.4. The highest BCUT2D eigenvalue weighted by Gasteiger charge is 2.31. The van der Waals surface area contributed by atoms with Crippen LogP contribution in [0.2, 0.25) is 0 Å². The molecule has 0 aromatic heterocycles. The molecule has 2 rings (SSSR count). The molecule has 0 radical (unpaired) electrons. The first-order chi connectivity index (χ1) is 7.18. The van der Waals surface area contributed by atoms with Crippen LogP contribution in [-0.2, 0) is 4.79 Å². The minimum Gasteiger partial charge on any atom is -0.345 e.